The van der Waals surface area contributed by atoms with E-state index < -0.39 is 5.54 Å². The van der Waals surface area contributed by atoms with Crippen molar-refractivity contribution in [3.63, 3.8) is 0 Å². The predicted molar refractivity (Wildman–Crippen MR) is 47.1 cm³/mol. The molecule has 0 saturated carbocycles. The highest BCUT2D eigenvalue weighted by atomic mass is 16.2. The van der Waals surface area contributed by atoms with Gasteiger partial charge in [-0.1, -0.05) is 6.92 Å². The summed E-state index contributed by atoms with van der Waals surface area (Å²) in [4.78, 5) is 13.4. The summed E-state index contributed by atoms with van der Waals surface area (Å²) in [5, 5.41) is 0. The second-order valence-corrected chi connectivity index (χ2v) is 4.08. The molecule has 0 unspecified atom stereocenters. The van der Waals surface area contributed by atoms with Crippen molar-refractivity contribution in [3.8, 4) is 0 Å². The third-order valence-corrected chi connectivity index (χ3v) is 2.25. The van der Waals surface area contributed by atoms with Gasteiger partial charge in [-0.2, -0.15) is 0 Å². The third kappa shape index (κ3) is 1.59. The molecule has 0 aliphatic carbocycles. The molecule has 0 aromatic carbocycles. The molecule has 70 valence electrons. The average molecular weight is 171 g/mol. The summed E-state index contributed by atoms with van der Waals surface area (Å²) >= 11 is 0. The number of nitrogens with one attached hydrogen (secondary N) is 1. The van der Waals surface area contributed by atoms with Crippen molar-refractivity contribution in [3.05, 3.63) is 0 Å². The summed E-state index contributed by atoms with van der Waals surface area (Å²) in [6.45, 7) is 7.44. The molecule has 1 aliphatic heterocycles. The zero-order valence-electron chi connectivity index (χ0n) is 7.92. The summed E-state index contributed by atoms with van der Waals surface area (Å²) in [7, 11) is 0. The molecule has 0 radical (unpaired) electrons. The Kier molecular flexibility index (Phi) is 2.39. The molecule has 12 heavy (non-hydrogen) atoms. The highest BCUT2D eigenvalue weighted by Gasteiger charge is 2.36. The molecule has 3 N–H and O–H groups in total. The standard InChI is InChI=1S/C8H17N3O/c1-6-4-11(5-6)7(12)8(2,3)10-9/h6,10H,4-5,9H2,1-3H3. The molecule has 0 spiro atoms. The number of nitrogens with two attached hydrogens (primary N) is 1. The third-order valence-electron chi connectivity index (χ3n) is 2.25. The molecule has 1 saturated heterocycles. The van der Waals surface area contributed by atoms with Crippen LogP contribution < -0.4 is 11.3 Å². The van der Waals surface area contributed by atoms with Crippen molar-refractivity contribution >= 4 is 5.91 Å². The normalized spacial score (nSPS) is 19.2. The van der Waals surface area contributed by atoms with Gasteiger partial charge in [-0.15, -0.1) is 0 Å². The minimum atomic E-state index is -0.625. The lowest BCUT2D eigenvalue weighted by molar-refractivity contribution is -0.143. The molecule has 1 fully saturated rings. The van der Waals surface area contributed by atoms with Crippen molar-refractivity contribution in [1.82, 2.24) is 10.3 Å². The van der Waals surface area contributed by atoms with Crippen LogP contribution in [-0.2, 0) is 4.79 Å². The second kappa shape index (κ2) is 3.03. The van der Waals surface area contributed by atoms with E-state index in [2.05, 4.69) is 12.3 Å². The van der Waals surface area contributed by atoms with E-state index in [-0.39, 0.29) is 5.91 Å². The van der Waals surface area contributed by atoms with E-state index in [9.17, 15) is 4.79 Å². The fraction of sp³-hybridized carbons (Fsp3) is 0.875. The van der Waals surface area contributed by atoms with Gasteiger partial charge in [-0.3, -0.25) is 10.6 Å². The Morgan fingerprint density at radius 3 is 2.42 bits per heavy atom. The quantitative estimate of drug-likeness (QED) is 0.443. The lowest BCUT2D eigenvalue weighted by Crippen LogP contribution is -2.61. The van der Waals surface area contributed by atoms with Gasteiger partial charge in [0.2, 0.25) is 5.91 Å². The Morgan fingerprint density at radius 1 is 1.58 bits per heavy atom. The maximum absolute atomic E-state index is 11.6. The van der Waals surface area contributed by atoms with E-state index in [1.165, 1.54) is 0 Å². The first-order valence-corrected chi connectivity index (χ1v) is 4.24. The Morgan fingerprint density at radius 2 is 2.08 bits per heavy atom. The molecular formula is C8H17N3O. The number of rotatable bonds is 2. The molecule has 4 nitrogen and oxygen atoms in total. The van der Waals surface area contributed by atoms with Crippen molar-refractivity contribution in [2.75, 3.05) is 13.1 Å². The van der Waals surface area contributed by atoms with Gasteiger partial charge < -0.3 is 4.90 Å². The minimum Gasteiger partial charge on any atom is -0.340 e. The maximum atomic E-state index is 11.6. The highest BCUT2D eigenvalue weighted by Crippen LogP contribution is 2.18. The smallest absolute Gasteiger partial charge is 0.243 e. The number of nitrogens with zero attached hydrogens (tertiary/aromatic N) is 1. The van der Waals surface area contributed by atoms with Crippen molar-refractivity contribution in [2.24, 2.45) is 11.8 Å². The van der Waals surface area contributed by atoms with Crippen LogP contribution in [0.5, 0.6) is 0 Å². The number of hydrazine groups is 1. The number of amides is 1. The molecule has 0 aromatic rings. The number of carbonyl (C=O) groups excluding carboxylic acids is 1. The fourth-order valence-corrected chi connectivity index (χ4v) is 1.32. The van der Waals surface area contributed by atoms with E-state index in [4.69, 9.17) is 5.84 Å². The molecule has 1 heterocycles. The van der Waals surface area contributed by atoms with Crippen molar-refractivity contribution < 1.29 is 4.79 Å². The minimum absolute atomic E-state index is 0.0862. The first-order chi connectivity index (χ1) is 5.47. The van der Waals surface area contributed by atoms with E-state index in [0.717, 1.165) is 13.1 Å². The summed E-state index contributed by atoms with van der Waals surface area (Å²) < 4.78 is 0. The Balaban J connectivity index is 2.48. The summed E-state index contributed by atoms with van der Waals surface area (Å²) in [5.41, 5.74) is 1.89. The first-order valence-electron chi connectivity index (χ1n) is 4.24. The maximum Gasteiger partial charge on any atom is 0.243 e. The molecular weight excluding hydrogens is 154 g/mol. The zero-order chi connectivity index (χ0) is 9.35. The molecule has 0 aromatic heterocycles. The van der Waals surface area contributed by atoms with Gasteiger partial charge in [0.15, 0.2) is 0 Å². The van der Waals surface area contributed by atoms with Crippen LogP contribution >= 0.6 is 0 Å². The van der Waals surface area contributed by atoms with Gasteiger partial charge in [-0.25, -0.2) is 5.43 Å². The van der Waals surface area contributed by atoms with Crippen LogP contribution in [0.15, 0.2) is 0 Å². The SMILES string of the molecule is CC1CN(C(=O)C(C)(C)NN)C1. The van der Waals surface area contributed by atoms with E-state index >= 15 is 0 Å². The average Bonchev–Trinajstić information content (AvgIpc) is 1.97. The molecule has 4 heteroatoms. The summed E-state index contributed by atoms with van der Waals surface area (Å²) in [5.74, 6) is 5.99. The van der Waals surface area contributed by atoms with Gasteiger partial charge in [-0.05, 0) is 19.8 Å². The van der Waals surface area contributed by atoms with Crippen LogP contribution in [0.1, 0.15) is 20.8 Å². The predicted octanol–water partition coefficient (Wildman–Crippen LogP) is -0.293. The van der Waals surface area contributed by atoms with Gasteiger partial charge in [0, 0.05) is 13.1 Å². The topological polar surface area (TPSA) is 58.4 Å². The zero-order valence-corrected chi connectivity index (χ0v) is 7.92. The van der Waals surface area contributed by atoms with Crippen LogP contribution in [0.4, 0.5) is 0 Å². The lowest BCUT2D eigenvalue weighted by atomic mass is 9.97. The van der Waals surface area contributed by atoms with Crippen LogP contribution in [0.2, 0.25) is 0 Å². The van der Waals surface area contributed by atoms with Gasteiger partial charge in [0.1, 0.15) is 5.54 Å². The monoisotopic (exact) mass is 171 g/mol. The van der Waals surface area contributed by atoms with Crippen molar-refractivity contribution in [1.29, 1.82) is 0 Å². The van der Waals surface area contributed by atoms with Crippen LogP contribution in [-0.4, -0.2) is 29.4 Å². The largest absolute Gasteiger partial charge is 0.340 e. The van der Waals surface area contributed by atoms with E-state index in [1.54, 1.807) is 13.8 Å². The second-order valence-electron chi connectivity index (χ2n) is 4.08. The van der Waals surface area contributed by atoms with Crippen LogP contribution in [0, 0.1) is 5.92 Å². The van der Waals surface area contributed by atoms with Crippen LogP contribution in [0.25, 0.3) is 0 Å². The fourth-order valence-electron chi connectivity index (χ4n) is 1.32. The summed E-state index contributed by atoms with van der Waals surface area (Å²) in [6, 6.07) is 0. The van der Waals surface area contributed by atoms with Crippen LogP contribution in [0.3, 0.4) is 0 Å². The van der Waals surface area contributed by atoms with Gasteiger partial charge in [0.05, 0.1) is 0 Å². The van der Waals surface area contributed by atoms with Gasteiger partial charge in [0.25, 0.3) is 0 Å². The van der Waals surface area contributed by atoms with Gasteiger partial charge >= 0.3 is 0 Å². The van der Waals surface area contributed by atoms with E-state index in [0.29, 0.717) is 5.92 Å². The van der Waals surface area contributed by atoms with E-state index in [1.807, 2.05) is 4.90 Å². The molecule has 1 aliphatic rings. The number of hydrogen-bond acceptors (Lipinski definition) is 3. The highest BCUT2D eigenvalue weighted by molar-refractivity contribution is 5.86. The Bertz CT molecular complexity index is 185. The molecule has 1 amide bonds. The van der Waals surface area contributed by atoms with Crippen molar-refractivity contribution in [2.45, 2.75) is 26.3 Å². The Labute approximate surface area is 73.1 Å². The molecule has 1 rings (SSSR count). The Hall–Kier alpha value is -0.610. The number of hydrogen-bond donors (Lipinski definition) is 2. The molecule has 0 atom stereocenters. The first kappa shape index (κ1) is 9.48. The molecule has 0 bridgehead atoms. The lowest BCUT2D eigenvalue weighted by Gasteiger charge is -2.41. The summed E-state index contributed by atoms with van der Waals surface area (Å²) in [6.07, 6.45) is 0. The number of carbonyl (C=O) groups is 1. The number of likely N-dealkylation sites (tertiary alicyclic amines) is 1.